The summed E-state index contributed by atoms with van der Waals surface area (Å²) < 4.78 is 16.3. The van der Waals surface area contributed by atoms with Crippen molar-refractivity contribution in [2.75, 3.05) is 20.2 Å². The Hall–Kier alpha value is -3.60. The molecule has 1 saturated carbocycles. The van der Waals surface area contributed by atoms with Crippen LogP contribution >= 0.6 is 11.3 Å². The summed E-state index contributed by atoms with van der Waals surface area (Å²) in [6.45, 7) is 1.83. The molecule has 1 atom stereocenters. The number of piperidine rings is 1. The predicted molar refractivity (Wildman–Crippen MR) is 136 cm³/mol. The Kier molecular flexibility index (Phi) is 5.59. The Morgan fingerprint density at radius 3 is 2.81 bits per heavy atom. The van der Waals surface area contributed by atoms with Gasteiger partial charge in [0.1, 0.15) is 17.4 Å². The molecule has 1 aliphatic carbocycles. The lowest BCUT2D eigenvalue weighted by molar-refractivity contribution is 0.0373. The van der Waals surface area contributed by atoms with Crippen LogP contribution in [-0.4, -0.2) is 62.3 Å². The van der Waals surface area contributed by atoms with Gasteiger partial charge in [-0.25, -0.2) is 14.8 Å². The standard InChI is InChI=1S/C25H28N6O4S/c1-29-21-17(28-22(29)18-10-20-23(27-13-36-20)31(18)11-14-5-6-14)8-15(9-19(21)34-2)24(32)30-7-3-4-16(12-30)35-25(26)33/h8-10,13-14,16H,3-7,11-12H2,1-2H3,(H2,26,33)/t16-/m1/s1. The fourth-order valence-electron chi connectivity index (χ4n) is 5.18. The second-order valence-corrected chi connectivity index (χ2v) is 10.5. The molecule has 0 unspecified atom stereocenters. The molecule has 188 valence electrons. The van der Waals surface area contributed by atoms with Gasteiger partial charge in [-0.2, -0.15) is 0 Å². The molecule has 0 radical (unpaired) electrons. The molecule has 0 spiro atoms. The number of carbonyl (C=O) groups is 2. The molecule has 0 bridgehead atoms. The molecule has 2 amide bonds. The number of methoxy groups -OCH3 is 1. The fraction of sp³-hybridized carbons (Fsp3) is 0.440. The number of likely N-dealkylation sites (tertiary alicyclic amines) is 1. The maximum absolute atomic E-state index is 13.4. The first-order valence-corrected chi connectivity index (χ1v) is 13.0. The number of aryl methyl sites for hydroxylation is 1. The minimum atomic E-state index is -0.820. The maximum Gasteiger partial charge on any atom is 0.404 e. The van der Waals surface area contributed by atoms with Crippen molar-refractivity contribution in [1.29, 1.82) is 0 Å². The van der Waals surface area contributed by atoms with Gasteiger partial charge in [0, 0.05) is 25.7 Å². The number of thiazole rings is 1. The van der Waals surface area contributed by atoms with E-state index in [2.05, 4.69) is 15.6 Å². The van der Waals surface area contributed by atoms with Crippen molar-refractivity contribution in [2.24, 2.45) is 18.7 Å². The first-order valence-electron chi connectivity index (χ1n) is 12.2. The molecule has 11 heteroatoms. The SMILES string of the molecule is COc1cc(C(=O)N2CCC[C@@H](OC(N)=O)C2)cc2nc(-c3cc4scnc4n3CC3CC3)n(C)c12. The number of nitrogens with two attached hydrogens (primary N) is 1. The molecule has 2 aliphatic rings. The number of carbonyl (C=O) groups excluding carboxylic acids is 2. The van der Waals surface area contributed by atoms with Crippen molar-refractivity contribution in [3.63, 3.8) is 0 Å². The second-order valence-electron chi connectivity index (χ2n) is 9.62. The number of primary amides is 1. The van der Waals surface area contributed by atoms with Gasteiger partial charge in [-0.3, -0.25) is 4.79 Å². The quantitative estimate of drug-likeness (QED) is 0.424. The van der Waals surface area contributed by atoms with Crippen LogP contribution in [0, 0.1) is 5.92 Å². The zero-order valence-corrected chi connectivity index (χ0v) is 21.1. The normalized spacial score (nSPS) is 18.2. The van der Waals surface area contributed by atoms with E-state index in [9.17, 15) is 9.59 Å². The van der Waals surface area contributed by atoms with Crippen LogP contribution in [0.4, 0.5) is 4.79 Å². The summed E-state index contributed by atoms with van der Waals surface area (Å²) in [6.07, 6.45) is 2.69. The van der Waals surface area contributed by atoms with Crippen LogP contribution in [0.25, 0.3) is 32.9 Å². The van der Waals surface area contributed by atoms with Gasteiger partial charge in [-0.05, 0) is 49.8 Å². The third-order valence-electron chi connectivity index (χ3n) is 7.11. The smallest absolute Gasteiger partial charge is 0.404 e. The van der Waals surface area contributed by atoms with Gasteiger partial charge in [-0.15, -0.1) is 11.3 Å². The molecule has 2 N–H and O–H groups in total. The van der Waals surface area contributed by atoms with Gasteiger partial charge in [0.05, 0.1) is 35.1 Å². The zero-order valence-electron chi connectivity index (χ0n) is 20.3. The molecular formula is C25H28N6O4S. The number of hydrogen-bond donors (Lipinski definition) is 1. The minimum absolute atomic E-state index is 0.151. The largest absolute Gasteiger partial charge is 0.494 e. The number of rotatable bonds is 6. The summed E-state index contributed by atoms with van der Waals surface area (Å²) in [5, 5.41) is 0. The Bertz CT molecular complexity index is 1480. The highest BCUT2D eigenvalue weighted by molar-refractivity contribution is 7.16. The molecule has 1 aliphatic heterocycles. The summed E-state index contributed by atoms with van der Waals surface area (Å²) in [5.41, 5.74) is 11.1. The van der Waals surface area contributed by atoms with Crippen LogP contribution in [0.1, 0.15) is 36.0 Å². The first-order chi connectivity index (χ1) is 17.4. The van der Waals surface area contributed by atoms with E-state index in [1.807, 2.05) is 23.2 Å². The van der Waals surface area contributed by atoms with Crippen molar-refractivity contribution in [3.8, 4) is 17.3 Å². The molecule has 4 aromatic rings. The highest BCUT2D eigenvalue weighted by Crippen LogP contribution is 2.38. The number of benzene rings is 1. The number of hydrogen-bond acceptors (Lipinski definition) is 7. The van der Waals surface area contributed by atoms with E-state index in [0.29, 0.717) is 42.3 Å². The molecule has 6 rings (SSSR count). The first kappa shape index (κ1) is 22.8. The van der Waals surface area contributed by atoms with Crippen molar-refractivity contribution in [3.05, 3.63) is 29.3 Å². The van der Waals surface area contributed by atoms with E-state index < -0.39 is 12.2 Å². The zero-order chi connectivity index (χ0) is 25.0. The van der Waals surface area contributed by atoms with Crippen LogP contribution in [-0.2, 0) is 18.3 Å². The second kappa shape index (κ2) is 8.81. The Morgan fingerprint density at radius 2 is 2.06 bits per heavy atom. The Morgan fingerprint density at radius 1 is 1.22 bits per heavy atom. The molecule has 1 aromatic carbocycles. The van der Waals surface area contributed by atoms with Crippen LogP contribution in [0.15, 0.2) is 23.7 Å². The Labute approximate surface area is 211 Å². The number of aromatic nitrogens is 4. The van der Waals surface area contributed by atoms with Gasteiger partial charge in [0.2, 0.25) is 0 Å². The molecule has 10 nitrogen and oxygen atoms in total. The lowest BCUT2D eigenvalue weighted by Crippen LogP contribution is -2.44. The van der Waals surface area contributed by atoms with E-state index in [1.54, 1.807) is 29.4 Å². The molecular weight excluding hydrogens is 480 g/mol. The number of nitrogens with zero attached hydrogens (tertiary/aromatic N) is 5. The Balaban J connectivity index is 1.39. The van der Waals surface area contributed by atoms with Gasteiger partial charge in [0.15, 0.2) is 11.5 Å². The van der Waals surface area contributed by atoms with Crippen molar-refractivity contribution < 1.29 is 19.1 Å². The van der Waals surface area contributed by atoms with Gasteiger partial charge in [0.25, 0.3) is 5.91 Å². The molecule has 4 heterocycles. The summed E-state index contributed by atoms with van der Waals surface area (Å²) in [4.78, 5) is 35.9. The number of fused-ring (bicyclic) bond motifs is 2. The van der Waals surface area contributed by atoms with Crippen LogP contribution in [0.2, 0.25) is 0 Å². The third-order valence-corrected chi connectivity index (χ3v) is 7.87. The highest BCUT2D eigenvalue weighted by atomic mass is 32.1. The number of amides is 2. The lowest BCUT2D eigenvalue weighted by Gasteiger charge is -2.32. The topological polar surface area (TPSA) is 118 Å². The van der Waals surface area contributed by atoms with E-state index in [4.69, 9.17) is 20.2 Å². The summed E-state index contributed by atoms with van der Waals surface area (Å²) in [6, 6.07) is 5.73. The summed E-state index contributed by atoms with van der Waals surface area (Å²) in [5.74, 6) is 1.93. The highest BCUT2D eigenvalue weighted by Gasteiger charge is 2.29. The van der Waals surface area contributed by atoms with Crippen molar-refractivity contribution in [1.82, 2.24) is 24.0 Å². The van der Waals surface area contributed by atoms with Crippen LogP contribution in [0.5, 0.6) is 5.75 Å². The lowest BCUT2D eigenvalue weighted by atomic mass is 10.1. The maximum atomic E-state index is 13.4. The van der Waals surface area contributed by atoms with E-state index in [-0.39, 0.29) is 5.91 Å². The van der Waals surface area contributed by atoms with E-state index in [0.717, 1.165) is 40.3 Å². The summed E-state index contributed by atoms with van der Waals surface area (Å²) in [7, 11) is 3.57. The fourth-order valence-corrected chi connectivity index (χ4v) is 5.89. The van der Waals surface area contributed by atoms with Crippen molar-refractivity contribution in [2.45, 2.75) is 38.3 Å². The molecule has 1 saturated heterocycles. The average molecular weight is 509 g/mol. The van der Waals surface area contributed by atoms with Gasteiger partial charge >= 0.3 is 6.09 Å². The minimum Gasteiger partial charge on any atom is -0.494 e. The van der Waals surface area contributed by atoms with E-state index >= 15 is 0 Å². The van der Waals surface area contributed by atoms with Gasteiger partial charge < -0.3 is 29.2 Å². The molecule has 2 fully saturated rings. The third kappa shape index (κ3) is 3.97. The van der Waals surface area contributed by atoms with Crippen LogP contribution in [0.3, 0.4) is 0 Å². The molecule has 3 aromatic heterocycles. The number of ether oxygens (including phenoxy) is 2. The average Bonchev–Trinajstić information content (AvgIpc) is 3.31. The molecule has 36 heavy (non-hydrogen) atoms. The van der Waals surface area contributed by atoms with Gasteiger partial charge in [-0.1, -0.05) is 0 Å². The van der Waals surface area contributed by atoms with E-state index in [1.165, 1.54) is 12.8 Å². The van der Waals surface area contributed by atoms with Crippen LogP contribution < -0.4 is 10.5 Å². The van der Waals surface area contributed by atoms with Crippen molar-refractivity contribution >= 4 is 44.7 Å². The monoisotopic (exact) mass is 508 g/mol. The number of imidazole rings is 1. The predicted octanol–water partition coefficient (Wildman–Crippen LogP) is 3.77. The summed E-state index contributed by atoms with van der Waals surface area (Å²) >= 11 is 1.63.